The monoisotopic (exact) mass is 324 g/mol. The van der Waals surface area contributed by atoms with E-state index in [4.69, 9.17) is 46.4 Å². The molecule has 1 aromatic heterocycles. The number of nitrogens with one attached hydrogen (secondary N) is 1. The van der Waals surface area contributed by atoms with Crippen LogP contribution in [-0.4, -0.2) is 4.98 Å². The summed E-state index contributed by atoms with van der Waals surface area (Å²) in [6, 6.07) is 4.09. The predicted molar refractivity (Wildman–Crippen MR) is 74.0 cm³/mol. The number of halogens is 5. The van der Waals surface area contributed by atoms with E-state index in [9.17, 15) is 4.39 Å². The van der Waals surface area contributed by atoms with Crippen LogP contribution in [0.2, 0.25) is 20.1 Å². The van der Waals surface area contributed by atoms with Crippen LogP contribution in [0.4, 0.5) is 15.9 Å². The van der Waals surface area contributed by atoms with Crippen molar-refractivity contribution in [3.8, 4) is 0 Å². The summed E-state index contributed by atoms with van der Waals surface area (Å²) in [4.78, 5) is 3.81. The van der Waals surface area contributed by atoms with E-state index >= 15 is 0 Å². The lowest BCUT2D eigenvalue weighted by atomic mass is 10.3. The summed E-state index contributed by atoms with van der Waals surface area (Å²) in [7, 11) is 0. The molecule has 0 aliphatic rings. The van der Waals surface area contributed by atoms with Gasteiger partial charge >= 0.3 is 0 Å². The molecular formula is C11H5Cl4FN2. The largest absolute Gasteiger partial charge is 0.337 e. The van der Waals surface area contributed by atoms with Gasteiger partial charge in [0.2, 0.25) is 0 Å². The molecule has 0 bridgehead atoms. The number of benzene rings is 1. The Kier molecular flexibility index (Phi) is 4.17. The van der Waals surface area contributed by atoms with Gasteiger partial charge in [-0.1, -0.05) is 46.4 Å². The van der Waals surface area contributed by atoms with Crippen LogP contribution in [0.5, 0.6) is 0 Å². The quantitative estimate of drug-likeness (QED) is 0.729. The molecule has 2 rings (SSSR count). The van der Waals surface area contributed by atoms with E-state index < -0.39 is 5.82 Å². The van der Waals surface area contributed by atoms with Crippen LogP contribution >= 0.6 is 46.4 Å². The molecule has 1 heterocycles. The van der Waals surface area contributed by atoms with E-state index in [-0.39, 0.29) is 10.8 Å². The molecule has 1 aromatic carbocycles. The van der Waals surface area contributed by atoms with Crippen molar-refractivity contribution in [3.05, 3.63) is 50.3 Å². The molecule has 0 spiro atoms. The van der Waals surface area contributed by atoms with Crippen LogP contribution in [0, 0.1) is 5.82 Å². The Morgan fingerprint density at radius 1 is 0.944 bits per heavy atom. The Morgan fingerprint density at radius 2 is 1.61 bits per heavy atom. The summed E-state index contributed by atoms with van der Waals surface area (Å²) in [5.41, 5.74) is 0.403. The van der Waals surface area contributed by atoms with E-state index in [1.54, 1.807) is 0 Å². The van der Waals surface area contributed by atoms with Gasteiger partial charge in [0.15, 0.2) is 11.6 Å². The first kappa shape index (κ1) is 13.7. The van der Waals surface area contributed by atoms with Crippen LogP contribution in [-0.2, 0) is 0 Å². The van der Waals surface area contributed by atoms with Crippen molar-refractivity contribution in [2.45, 2.75) is 0 Å². The normalized spacial score (nSPS) is 10.5. The van der Waals surface area contributed by atoms with Crippen molar-refractivity contribution in [2.75, 3.05) is 5.32 Å². The average Bonchev–Trinajstić information content (AvgIpc) is 2.29. The fraction of sp³-hybridized carbons (Fsp3) is 0. The molecule has 2 aromatic rings. The highest BCUT2D eigenvalue weighted by atomic mass is 35.5. The lowest BCUT2D eigenvalue weighted by Crippen LogP contribution is -1.97. The summed E-state index contributed by atoms with van der Waals surface area (Å²) in [5, 5.41) is 3.85. The van der Waals surface area contributed by atoms with Gasteiger partial charge in [-0.3, -0.25) is 0 Å². The molecule has 2 nitrogen and oxygen atoms in total. The van der Waals surface area contributed by atoms with Crippen LogP contribution in [0.15, 0.2) is 24.4 Å². The number of pyridine rings is 1. The van der Waals surface area contributed by atoms with Gasteiger partial charge in [-0.25, -0.2) is 9.37 Å². The smallest absolute Gasteiger partial charge is 0.167 e. The molecule has 0 aliphatic heterocycles. The Hall–Kier alpha value is -0.740. The maximum atomic E-state index is 13.5. The zero-order valence-corrected chi connectivity index (χ0v) is 11.7. The van der Waals surface area contributed by atoms with Gasteiger partial charge in [-0.05, 0) is 18.2 Å². The standard InChI is InChI=1S/C11H5Cl4FN2/c12-5-1-9(16)11(17-4-5)18-10-3-7(14)6(13)2-8(10)15/h1-4H,(H,17,18). The first-order valence-corrected chi connectivity index (χ1v) is 6.21. The molecule has 0 fully saturated rings. The van der Waals surface area contributed by atoms with E-state index in [1.807, 2.05) is 0 Å². The molecule has 0 aliphatic carbocycles. The summed E-state index contributed by atoms with van der Waals surface area (Å²) in [6.45, 7) is 0. The molecule has 1 N–H and O–H groups in total. The third-order valence-electron chi connectivity index (χ3n) is 2.07. The van der Waals surface area contributed by atoms with E-state index in [0.717, 1.165) is 6.07 Å². The maximum Gasteiger partial charge on any atom is 0.167 e. The Balaban J connectivity index is 2.37. The Bertz CT molecular complexity index is 604. The first-order valence-electron chi connectivity index (χ1n) is 4.70. The van der Waals surface area contributed by atoms with Gasteiger partial charge in [-0.2, -0.15) is 0 Å². The van der Waals surface area contributed by atoms with Crippen molar-refractivity contribution in [3.63, 3.8) is 0 Å². The molecule has 7 heteroatoms. The lowest BCUT2D eigenvalue weighted by Gasteiger charge is -2.09. The van der Waals surface area contributed by atoms with Crippen molar-refractivity contribution in [1.29, 1.82) is 0 Å². The number of aromatic nitrogens is 1. The average molecular weight is 326 g/mol. The predicted octanol–water partition coefficient (Wildman–Crippen LogP) is 5.58. The summed E-state index contributed by atoms with van der Waals surface area (Å²) in [6.07, 6.45) is 1.32. The maximum absolute atomic E-state index is 13.5. The van der Waals surface area contributed by atoms with Crippen LogP contribution in [0.3, 0.4) is 0 Å². The lowest BCUT2D eigenvalue weighted by molar-refractivity contribution is 0.626. The summed E-state index contributed by atoms with van der Waals surface area (Å²) in [5.74, 6) is -0.593. The molecular weight excluding hydrogens is 321 g/mol. The third-order valence-corrected chi connectivity index (χ3v) is 3.31. The number of hydrogen-bond donors (Lipinski definition) is 1. The summed E-state index contributed by atoms with van der Waals surface area (Å²) >= 11 is 23.2. The van der Waals surface area contributed by atoms with Gasteiger partial charge in [-0.15, -0.1) is 0 Å². The zero-order valence-electron chi connectivity index (χ0n) is 8.65. The van der Waals surface area contributed by atoms with Crippen molar-refractivity contribution >= 4 is 57.9 Å². The SMILES string of the molecule is Fc1cc(Cl)cnc1Nc1cc(Cl)c(Cl)cc1Cl. The minimum Gasteiger partial charge on any atom is -0.337 e. The highest BCUT2D eigenvalue weighted by Gasteiger charge is 2.10. The molecule has 0 saturated carbocycles. The number of nitrogens with zero attached hydrogens (tertiary/aromatic N) is 1. The van der Waals surface area contributed by atoms with E-state index in [2.05, 4.69) is 10.3 Å². The second kappa shape index (κ2) is 5.49. The Labute approximate surface area is 123 Å². The van der Waals surface area contributed by atoms with Crippen LogP contribution in [0.25, 0.3) is 0 Å². The van der Waals surface area contributed by atoms with E-state index in [1.165, 1.54) is 18.3 Å². The van der Waals surface area contributed by atoms with Gasteiger partial charge in [0.05, 0.1) is 25.8 Å². The molecule has 0 amide bonds. The van der Waals surface area contributed by atoms with Crippen molar-refractivity contribution < 1.29 is 4.39 Å². The van der Waals surface area contributed by atoms with Crippen molar-refractivity contribution in [2.24, 2.45) is 0 Å². The fourth-order valence-electron chi connectivity index (χ4n) is 1.25. The number of rotatable bonds is 2. The van der Waals surface area contributed by atoms with Gasteiger partial charge in [0.25, 0.3) is 0 Å². The molecule has 0 unspecified atom stereocenters. The highest BCUT2D eigenvalue weighted by Crippen LogP contribution is 2.34. The van der Waals surface area contributed by atoms with Gasteiger partial charge in [0.1, 0.15) is 0 Å². The van der Waals surface area contributed by atoms with Gasteiger partial charge in [0, 0.05) is 6.20 Å². The highest BCUT2D eigenvalue weighted by molar-refractivity contribution is 6.44. The minimum atomic E-state index is -0.593. The topological polar surface area (TPSA) is 24.9 Å². The molecule has 94 valence electrons. The van der Waals surface area contributed by atoms with Crippen LogP contribution in [0.1, 0.15) is 0 Å². The van der Waals surface area contributed by atoms with Crippen molar-refractivity contribution in [1.82, 2.24) is 4.98 Å². The number of hydrogen-bond acceptors (Lipinski definition) is 2. The second-order valence-electron chi connectivity index (χ2n) is 3.36. The second-order valence-corrected chi connectivity index (χ2v) is 5.01. The number of anilines is 2. The van der Waals surface area contributed by atoms with E-state index in [0.29, 0.717) is 20.8 Å². The zero-order chi connectivity index (χ0) is 13.3. The third kappa shape index (κ3) is 2.98. The summed E-state index contributed by atoms with van der Waals surface area (Å²) < 4.78 is 13.5. The van der Waals surface area contributed by atoms with Gasteiger partial charge < -0.3 is 5.32 Å². The molecule has 0 saturated heterocycles. The molecule has 18 heavy (non-hydrogen) atoms. The minimum absolute atomic E-state index is 0.000288. The molecule has 0 radical (unpaired) electrons. The fourth-order valence-corrected chi connectivity index (χ4v) is 1.99. The Morgan fingerprint density at radius 3 is 2.28 bits per heavy atom. The molecule has 0 atom stereocenters. The van der Waals surface area contributed by atoms with Crippen LogP contribution < -0.4 is 5.32 Å². The first-order chi connectivity index (χ1) is 8.47.